The first-order chi connectivity index (χ1) is 10.4. The van der Waals surface area contributed by atoms with E-state index in [1.807, 2.05) is 14.1 Å². The monoisotopic (exact) mass is 324 g/mol. The maximum atomic E-state index is 12.3. The Morgan fingerprint density at radius 2 is 2.14 bits per heavy atom. The van der Waals surface area contributed by atoms with Crippen molar-refractivity contribution in [1.82, 2.24) is 4.90 Å². The normalized spacial score (nSPS) is 17.2. The first-order valence-electron chi connectivity index (χ1n) is 7.68. The zero-order valence-corrected chi connectivity index (χ0v) is 14.5. The van der Waals surface area contributed by atoms with Crippen molar-refractivity contribution in [3.63, 3.8) is 0 Å². The fourth-order valence-corrected chi connectivity index (χ4v) is 4.13. The highest BCUT2D eigenvalue weighted by Gasteiger charge is 2.29. The van der Waals surface area contributed by atoms with Crippen LogP contribution in [0.4, 0.5) is 5.00 Å². The number of likely N-dealkylation sites (N-methyl/N-ethyl adjacent to an activating group) is 1. The summed E-state index contributed by atoms with van der Waals surface area (Å²) in [6.45, 7) is 4.65. The van der Waals surface area contributed by atoms with E-state index in [1.54, 1.807) is 11.8 Å². The SMILES string of the molecule is CCOC(=O)c1c(NC(=O)CN(C)C)sc2c1CC[C@H](C)C2. The van der Waals surface area contributed by atoms with Crippen molar-refractivity contribution in [2.24, 2.45) is 5.92 Å². The van der Waals surface area contributed by atoms with Gasteiger partial charge in [-0.05, 0) is 51.8 Å². The number of hydrogen-bond donors (Lipinski definition) is 1. The molecule has 1 aromatic rings. The number of rotatable bonds is 5. The van der Waals surface area contributed by atoms with E-state index in [1.165, 1.54) is 16.2 Å². The third kappa shape index (κ3) is 3.87. The van der Waals surface area contributed by atoms with Crippen LogP contribution in [0.25, 0.3) is 0 Å². The van der Waals surface area contributed by atoms with Crippen molar-refractivity contribution < 1.29 is 14.3 Å². The van der Waals surface area contributed by atoms with Crippen molar-refractivity contribution in [3.8, 4) is 0 Å². The number of thiophene rings is 1. The largest absolute Gasteiger partial charge is 0.462 e. The number of nitrogens with zero attached hydrogens (tertiary/aromatic N) is 1. The van der Waals surface area contributed by atoms with E-state index in [0.29, 0.717) is 29.6 Å². The van der Waals surface area contributed by atoms with Gasteiger partial charge >= 0.3 is 5.97 Å². The predicted octanol–water partition coefficient (Wildman–Crippen LogP) is 2.55. The first-order valence-corrected chi connectivity index (χ1v) is 8.50. The molecule has 0 aliphatic heterocycles. The molecule has 1 N–H and O–H groups in total. The van der Waals surface area contributed by atoms with E-state index < -0.39 is 0 Å². The van der Waals surface area contributed by atoms with Crippen LogP contribution in [0.2, 0.25) is 0 Å². The van der Waals surface area contributed by atoms with Gasteiger partial charge in [-0.3, -0.25) is 4.79 Å². The Hall–Kier alpha value is -1.40. The minimum Gasteiger partial charge on any atom is -0.462 e. The van der Waals surface area contributed by atoms with Crippen molar-refractivity contribution in [2.75, 3.05) is 32.6 Å². The van der Waals surface area contributed by atoms with Crippen LogP contribution in [-0.4, -0.2) is 44.0 Å². The molecular formula is C16H24N2O3S. The Kier molecular flexibility index (Phi) is 5.58. The third-order valence-electron chi connectivity index (χ3n) is 3.70. The summed E-state index contributed by atoms with van der Waals surface area (Å²) in [6, 6.07) is 0. The lowest BCUT2D eigenvalue weighted by Gasteiger charge is -2.18. The number of carbonyl (C=O) groups is 2. The second kappa shape index (κ2) is 7.24. The van der Waals surface area contributed by atoms with E-state index in [0.717, 1.165) is 24.8 Å². The minimum atomic E-state index is -0.324. The molecular weight excluding hydrogens is 300 g/mol. The van der Waals surface area contributed by atoms with Gasteiger partial charge < -0.3 is 15.0 Å². The van der Waals surface area contributed by atoms with E-state index in [2.05, 4.69) is 12.2 Å². The van der Waals surface area contributed by atoms with Gasteiger partial charge in [0.25, 0.3) is 0 Å². The zero-order valence-electron chi connectivity index (χ0n) is 13.7. The number of hydrogen-bond acceptors (Lipinski definition) is 5. The van der Waals surface area contributed by atoms with E-state index in [4.69, 9.17) is 4.74 Å². The summed E-state index contributed by atoms with van der Waals surface area (Å²) in [7, 11) is 3.68. The quantitative estimate of drug-likeness (QED) is 0.846. The smallest absolute Gasteiger partial charge is 0.341 e. The molecule has 0 spiro atoms. The second-order valence-electron chi connectivity index (χ2n) is 6.06. The molecule has 0 bridgehead atoms. The molecule has 1 aliphatic carbocycles. The molecule has 1 atom stereocenters. The molecule has 0 saturated heterocycles. The zero-order chi connectivity index (χ0) is 16.3. The van der Waals surface area contributed by atoms with Crippen LogP contribution >= 0.6 is 11.3 Å². The maximum Gasteiger partial charge on any atom is 0.341 e. The van der Waals surface area contributed by atoms with Crippen molar-refractivity contribution in [2.45, 2.75) is 33.1 Å². The van der Waals surface area contributed by atoms with Gasteiger partial charge in [0.15, 0.2) is 0 Å². The van der Waals surface area contributed by atoms with Gasteiger partial charge in [0.1, 0.15) is 5.00 Å². The van der Waals surface area contributed by atoms with Crippen LogP contribution in [0.15, 0.2) is 0 Å². The number of carbonyl (C=O) groups excluding carboxylic acids is 2. The lowest BCUT2D eigenvalue weighted by Crippen LogP contribution is -2.27. The average molecular weight is 324 g/mol. The maximum absolute atomic E-state index is 12.3. The highest BCUT2D eigenvalue weighted by molar-refractivity contribution is 7.17. The summed E-state index contributed by atoms with van der Waals surface area (Å²) >= 11 is 1.52. The lowest BCUT2D eigenvalue weighted by atomic mass is 9.88. The van der Waals surface area contributed by atoms with Crippen LogP contribution in [0, 0.1) is 5.92 Å². The highest BCUT2D eigenvalue weighted by atomic mass is 32.1. The second-order valence-corrected chi connectivity index (χ2v) is 7.17. The predicted molar refractivity (Wildman–Crippen MR) is 88.6 cm³/mol. The number of ether oxygens (including phenoxy) is 1. The van der Waals surface area contributed by atoms with E-state index >= 15 is 0 Å². The summed E-state index contributed by atoms with van der Waals surface area (Å²) in [5.74, 6) is 0.184. The number of nitrogens with one attached hydrogen (secondary N) is 1. The van der Waals surface area contributed by atoms with Crippen molar-refractivity contribution >= 4 is 28.2 Å². The van der Waals surface area contributed by atoms with Gasteiger partial charge in [-0.15, -0.1) is 11.3 Å². The number of esters is 1. The molecule has 0 radical (unpaired) electrons. The van der Waals surface area contributed by atoms with Crippen LogP contribution in [0.1, 0.15) is 41.1 Å². The number of amides is 1. The number of anilines is 1. The topological polar surface area (TPSA) is 58.6 Å². The standard InChI is InChI=1S/C16H24N2O3S/c1-5-21-16(20)14-11-7-6-10(2)8-12(11)22-15(14)17-13(19)9-18(3)4/h10H,5-9H2,1-4H3,(H,17,19)/t10-/m0/s1. The Morgan fingerprint density at radius 3 is 2.77 bits per heavy atom. The summed E-state index contributed by atoms with van der Waals surface area (Å²) < 4.78 is 5.19. The molecule has 1 aliphatic rings. The van der Waals surface area contributed by atoms with Gasteiger partial charge in [-0.25, -0.2) is 4.79 Å². The highest BCUT2D eigenvalue weighted by Crippen LogP contribution is 2.40. The van der Waals surface area contributed by atoms with Gasteiger partial charge in [0.2, 0.25) is 5.91 Å². The molecule has 1 amide bonds. The van der Waals surface area contributed by atoms with E-state index in [9.17, 15) is 9.59 Å². The molecule has 0 fully saturated rings. The molecule has 122 valence electrons. The van der Waals surface area contributed by atoms with Crippen molar-refractivity contribution in [3.05, 3.63) is 16.0 Å². The fourth-order valence-electron chi connectivity index (χ4n) is 2.71. The Labute approximate surface area is 135 Å². The molecule has 0 saturated carbocycles. The van der Waals surface area contributed by atoms with Crippen LogP contribution < -0.4 is 5.32 Å². The third-order valence-corrected chi connectivity index (χ3v) is 4.87. The fraction of sp³-hybridized carbons (Fsp3) is 0.625. The summed E-state index contributed by atoms with van der Waals surface area (Å²) in [6.07, 6.45) is 2.92. The minimum absolute atomic E-state index is 0.109. The van der Waals surface area contributed by atoms with Crippen molar-refractivity contribution in [1.29, 1.82) is 0 Å². The Balaban J connectivity index is 2.31. The van der Waals surface area contributed by atoms with Gasteiger partial charge in [0.05, 0.1) is 18.7 Å². The van der Waals surface area contributed by atoms with E-state index in [-0.39, 0.29) is 11.9 Å². The van der Waals surface area contributed by atoms with Gasteiger partial charge in [-0.2, -0.15) is 0 Å². The molecule has 1 aromatic heterocycles. The first kappa shape index (κ1) is 17.0. The summed E-state index contributed by atoms with van der Waals surface area (Å²) in [5, 5.41) is 3.53. The molecule has 0 aromatic carbocycles. The summed E-state index contributed by atoms with van der Waals surface area (Å²) in [5.41, 5.74) is 1.64. The Morgan fingerprint density at radius 1 is 1.41 bits per heavy atom. The molecule has 0 unspecified atom stereocenters. The molecule has 5 nitrogen and oxygen atoms in total. The molecule has 2 rings (SSSR count). The molecule has 1 heterocycles. The number of fused-ring (bicyclic) bond motifs is 1. The Bertz CT molecular complexity index is 566. The average Bonchev–Trinajstić information content (AvgIpc) is 2.74. The molecule has 22 heavy (non-hydrogen) atoms. The molecule has 6 heteroatoms. The lowest BCUT2D eigenvalue weighted by molar-refractivity contribution is -0.116. The summed E-state index contributed by atoms with van der Waals surface area (Å²) in [4.78, 5) is 27.4. The van der Waals surface area contributed by atoms with Gasteiger partial charge in [0, 0.05) is 4.88 Å². The van der Waals surface area contributed by atoms with Gasteiger partial charge in [-0.1, -0.05) is 6.92 Å². The van der Waals surface area contributed by atoms with Crippen LogP contribution in [-0.2, 0) is 22.4 Å². The van der Waals surface area contributed by atoms with Crippen LogP contribution in [0.3, 0.4) is 0 Å². The van der Waals surface area contributed by atoms with Crippen LogP contribution in [0.5, 0.6) is 0 Å².